The molecular formula is C23H26ClN3O6. The number of hydrogen-bond acceptors (Lipinski definition) is 6. The van der Waals surface area contributed by atoms with Crippen molar-refractivity contribution in [1.29, 1.82) is 0 Å². The zero-order valence-electron chi connectivity index (χ0n) is 18.8. The van der Waals surface area contributed by atoms with Gasteiger partial charge in [-0.2, -0.15) is 0 Å². The van der Waals surface area contributed by atoms with E-state index in [1.807, 2.05) is 6.92 Å². The first-order valence-corrected chi connectivity index (χ1v) is 10.7. The zero-order chi connectivity index (χ0) is 24.7. The van der Waals surface area contributed by atoms with Crippen molar-refractivity contribution in [2.45, 2.75) is 40.2 Å². The molecule has 0 aliphatic carbocycles. The summed E-state index contributed by atoms with van der Waals surface area (Å²) in [4.78, 5) is 48.2. The molecule has 2 aromatic carbocycles. The number of carbonyl (C=O) groups is 3. The van der Waals surface area contributed by atoms with Crippen LogP contribution in [0.1, 0.15) is 41.8 Å². The summed E-state index contributed by atoms with van der Waals surface area (Å²) < 4.78 is 5.11. The van der Waals surface area contributed by atoms with Gasteiger partial charge in [-0.15, -0.1) is 0 Å². The minimum absolute atomic E-state index is 0.0127. The topological polar surface area (TPSA) is 128 Å². The number of nitrogens with one attached hydrogen (secondary N) is 2. The molecule has 2 N–H and O–H groups in total. The van der Waals surface area contributed by atoms with E-state index in [1.165, 1.54) is 24.3 Å². The van der Waals surface area contributed by atoms with Crippen LogP contribution in [0.25, 0.3) is 0 Å². The maximum Gasteiger partial charge on any atom is 0.329 e. The molecule has 0 aliphatic rings. The third-order valence-electron chi connectivity index (χ3n) is 5.29. The van der Waals surface area contributed by atoms with Crippen LogP contribution in [0.2, 0.25) is 5.02 Å². The largest absolute Gasteiger partial charge is 0.454 e. The fourth-order valence-electron chi connectivity index (χ4n) is 2.96. The van der Waals surface area contributed by atoms with Crippen LogP contribution in [0.15, 0.2) is 36.4 Å². The number of halogens is 1. The highest BCUT2D eigenvalue weighted by atomic mass is 35.5. The summed E-state index contributed by atoms with van der Waals surface area (Å²) in [5, 5.41) is 16.8. The number of rotatable bonds is 9. The number of ether oxygens (including phenoxy) is 1. The molecule has 10 heteroatoms. The SMILES string of the molecule is CC[C@H](C)[C@H](NC(=O)c1ccc(Cl)cc1)C(=O)OCC(=O)Nc1cc(C)c(C)cc1[N+](=O)[O-]. The molecule has 33 heavy (non-hydrogen) atoms. The summed E-state index contributed by atoms with van der Waals surface area (Å²) in [7, 11) is 0. The fraction of sp³-hybridized carbons (Fsp3) is 0.348. The van der Waals surface area contributed by atoms with Crippen LogP contribution in [-0.4, -0.2) is 35.4 Å². The number of nitro benzene ring substituents is 1. The third kappa shape index (κ3) is 7.01. The molecule has 0 saturated heterocycles. The van der Waals surface area contributed by atoms with Gasteiger partial charge in [-0.1, -0.05) is 31.9 Å². The summed E-state index contributed by atoms with van der Waals surface area (Å²) in [6, 6.07) is 8.04. The van der Waals surface area contributed by atoms with E-state index in [0.717, 1.165) is 5.56 Å². The molecule has 2 rings (SSSR count). The van der Waals surface area contributed by atoms with Crippen LogP contribution >= 0.6 is 11.6 Å². The van der Waals surface area contributed by atoms with Gasteiger partial charge in [-0.3, -0.25) is 19.7 Å². The molecule has 2 aromatic rings. The Hall–Kier alpha value is -3.46. The first kappa shape index (κ1) is 25.8. The molecule has 0 aliphatic heterocycles. The number of aryl methyl sites for hydroxylation is 2. The Morgan fingerprint density at radius 1 is 1.12 bits per heavy atom. The molecular weight excluding hydrogens is 450 g/mol. The first-order chi connectivity index (χ1) is 15.5. The number of nitrogens with zero attached hydrogens (tertiary/aromatic N) is 1. The summed E-state index contributed by atoms with van der Waals surface area (Å²) >= 11 is 5.84. The van der Waals surface area contributed by atoms with Gasteiger partial charge >= 0.3 is 5.97 Å². The minimum atomic E-state index is -0.984. The van der Waals surface area contributed by atoms with Gasteiger partial charge in [0.1, 0.15) is 11.7 Å². The lowest BCUT2D eigenvalue weighted by molar-refractivity contribution is -0.384. The summed E-state index contributed by atoms with van der Waals surface area (Å²) in [6.07, 6.45) is 0.571. The molecule has 0 aromatic heterocycles. The number of amides is 2. The molecule has 0 radical (unpaired) electrons. The van der Waals surface area contributed by atoms with Gasteiger partial charge in [0.25, 0.3) is 17.5 Å². The maximum atomic E-state index is 12.6. The highest BCUT2D eigenvalue weighted by Gasteiger charge is 2.28. The van der Waals surface area contributed by atoms with Crippen molar-refractivity contribution in [2.24, 2.45) is 5.92 Å². The van der Waals surface area contributed by atoms with Gasteiger partial charge in [0.2, 0.25) is 0 Å². The standard InChI is InChI=1S/C23H26ClN3O6/c1-5-13(2)21(26-22(29)16-6-8-17(24)9-7-16)23(30)33-12-20(28)25-18-10-14(3)15(4)11-19(18)27(31)32/h6-11,13,21H,5,12H2,1-4H3,(H,25,28)(H,26,29)/t13-,21-/m0/s1. The molecule has 0 spiro atoms. The van der Waals surface area contributed by atoms with Gasteiger partial charge in [-0.05, 0) is 61.2 Å². The van der Waals surface area contributed by atoms with Crippen LogP contribution < -0.4 is 10.6 Å². The molecule has 176 valence electrons. The molecule has 2 amide bonds. The van der Waals surface area contributed by atoms with E-state index in [0.29, 0.717) is 22.6 Å². The predicted octanol–water partition coefficient (Wildman–Crippen LogP) is 4.19. The van der Waals surface area contributed by atoms with E-state index in [9.17, 15) is 24.5 Å². The monoisotopic (exact) mass is 475 g/mol. The van der Waals surface area contributed by atoms with E-state index >= 15 is 0 Å². The van der Waals surface area contributed by atoms with Crippen molar-refractivity contribution in [2.75, 3.05) is 11.9 Å². The minimum Gasteiger partial charge on any atom is -0.454 e. The Morgan fingerprint density at radius 3 is 2.30 bits per heavy atom. The number of anilines is 1. The Morgan fingerprint density at radius 2 is 1.73 bits per heavy atom. The average Bonchev–Trinajstić information content (AvgIpc) is 2.77. The van der Waals surface area contributed by atoms with Crippen molar-refractivity contribution in [3.8, 4) is 0 Å². The van der Waals surface area contributed by atoms with Crippen LogP contribution in [0.4, 0.5) is 11.4 Å². The first-order valence-electron chi connectivity index (χ1n) is 10.3. The second-order valence-electron chi connectivity index (χ2n) is 7.71. The van der Waals surface area contributed by atoms with E-state index in [4.69, 9.17) is 16.3 Å². The molecule has 0 fully saturated rings. The van der Waals surface area contributed by atoms with Gasteiger partial charge in [-0.25, -0.2) is 4.79 Å². The number of benzene rings is 2. The molecule has 9 nitrogen and oxygen atoms in total. The molecule has 0 heterocycles. The van der Waals surface area contributed by atoms with E-state index < -0.39 is 35.4 Å². The number of nitro groups is 1. The predicted molar refractivity (Wildman–Crippen MR) is 124 cm³/mol. The number of esters is 1. The van der Waals surface area contributed by atoms with Crippen molar-refractivity contribution >= 4 is 40.8 Å². The van der Waals surface area contributed by atoms with Crippen LogP contribution in [0, 0.1) is 29.9 Å². The highest BCUT2D eigenvalue weighted by Crippen LogP contribution is 2.27. The van der Waals surface area contributed by atoms with Crippen molar-refractivity contribution < 1.29 is 24.0 Å². The van der Waals surface area contributed by atoms with Gasteiger partial charge in [0.05, 0.1) is 4.92 Å². The summed E-state index contributed by atoms with van der Waals surface area (Å²) in [6.45, 7) is 6.45. The second kappa shape index (κ2) is 11.4. The van der Waals surface area contributed by atoms with Gasteiger partial charge in [0.15, 0.2) is 6.61 Å². The van der Waals surface area contributed by atoms with E-state index in [1.54, 1.807) is 32.9 Å². The molecule has 0 bridgehead atoms. The fourth-order valence-corrected chi connectivity index (χ4v) is 3.09. The van der Waals surface area contributed by atoms with Crippen LogP contribution in [0.5, 0.6) is 0 Å². The lowest BCUT2D eigenvalue weighted by Crippen LogP contribution is -2.46. The maximum absolute atomic E-state index is 12.6. The van der Waals surface area contributed by atoms with E-state index in [-0.39, 0.29) is 17.3 Å². The third-order valence-corrected chi connectivity index (χ3v) is 5.54. The Balaban J connectivity index is 2.06. The summed E-state index contributed by atoms with van der Waals surface area (Å²) in [5.74, 6) is -2.26. The average molecular weight is 476 g/mol. The smallest absolute Gasteiger partial charge is 0.329 e. The quantitative estimate of drug-likeness (QED) is 0.318. The van der Waals surface area contributed by atoms with Crippen LogP contribution in [0.3, 0.4) is 0 Å². The Bertz CT molecular complexity index is 1050. The van der Waals surface area contributed by atoms with Crippen LogP contribution in [-0.2, 0) is 14.3 Å². The zero-order valence-corrected chi connectivity index (χ0v) is 19.6. The second-order valence-corrected chi connectivity index (χ2v) is 8.15. The van der Waals surface area contributed by atoms with Crippen molar-refractivity contribution in [3.63, 3.8) is 0 Å². The van der Waals surface area contributed by atoms with Gasteiger partial charge in [0, 0.05) is 16.7 Å². The van der Waals surface area contributed by atoms with Crippen molar-refractivity contribution in [3.05, 3.63) is 68.2 Å². The Kier molecular flexibility index (Phi) is 8.93. The Labute approximate surface area is 196 Å². The number of hydrogen-bond donors (Lipinski definition) is 2. The van der Waals surface area contributed by atoms with Crippen molar-refractivity contribution in [1.82, 2.24) is 5.32 Å². The molecule has 2 atom stereocenters. The van der Waals surface area contributed by atoms with Gasteiger partial charge < -0.3 is 15.4 Å². The number of carbonyl (C=O) groups excluding carboxylic acids is 3. The summed E-state index contributed by atoms with van der Waals surface area (Å²) in [5.41, 5.74) is 1.54. The lowest BCUT2D eigenvalue weighted by Gasteiger charge is -2.22. The van der Waals surface area contributed by atoms with E-state index in [2.05, 4.69) is 10.6 Å². The normalized spacial score (nSPS) is 12.4. The molecule has 0 unspecified atom stereocenters. The molecule has 0 saturated carbocycles. The lowest BCUT2D eigenvalue weighted by atomic mass is 9.99. The highest BCUT2D eigenvalue weighted by molar-refractivity contribution is 6.30.